The van der Waals surface area contributed by atoms with Gasteiger partial charge in [0.15, 0.2) is 0 Å². The van der Waals surface area contributed by atoms with Gasteiger partial charge in [-0.2, -0.15) is 0 Å². The summed E-state index contributed by atoms with van der Waals surface area (Å²) in [5, 5.41) is 9.01. The monoisotopic (exact) mass is 199 g/mol. The predicted octanol–water partition coefficient (Wildman–Crippen LogP) is 2.13. The van der Waals surface area contributed by atoms with Crippen molar-refractivity contribution >= 4 is 0 Å². The van der Waals surface area contributed by atoms with Crippen LogP contribution in [0.3, 0.4) is 0 Å². The van der Waals surface area contributed by atoms with Crippen molar-refractivity contribution in [2.45, 2.75) is 39.0 Å². The normalized spacial score (nSPS) is 27.2. The molecule has 0 spiro atoms. The van der Waals surface area contributed by atoms with Crippen LogP contribution >= 0.6 is 0 Å². The molecule has 1 rings (SSSR count). The molecule has 0 radical (unpaired) electrons. The van der Waals surface area contributed by atoms with E-state index in [9.17, 15) is 0 Å². The first-order valence-corrected chi connectivity index (χ1v) is 6.07. The van der Waals surface area contributed by atoms with Gasteiger partial charge < -0.3 is 10.0 Å². The number of aliphatic hydroxyl groups is 1. The second-order valence-electron chi connectivity index (χ2n) is 4.67. The Kier molecular flexibility index (Phi) is 5.49. The van der Waals surface area contributed by atoms with Gasteiger partial charge in [-0.05, 0) is 57.7 Å². The van der Waals surface area contributed by atoms with Crippen LogP contribution in [0.4, 0.5) is 0 Å². The highest BCUT2D eigenvalue weighted by Crippen LogP contribution is 2.29. The van der Waals surface area contributed by atoms with Crippen LogP contribution in [0.1, 0.15) is 39.0 Å². The molecular weight excluding hydrogens is 174 g/mol. The van der Waals surface area contributed by atoms with E-state index in [0.29, 0.717) is 6.61 Å². The Morgan fingerprint density at radius 3 is 2.79 bits per heavy atom. The molecule has 1 saturated heterocycles. The smallest absolute Gasteiger partial charge is 0.0433 e. The van der Waals surface area contributed by atoms with E-state index in [4.69, 9.17) is 5.11 Å². The highest BCUT2D eigenvalue weighted by atomic mass is 16.3. The molecule has 1 aliphatic heterocycles. The van der Waals surface area contributed by atoms with E-state index in [2.05, 4.69) is 18.9 Å². The first kappa shape index (κ1) is 12.0. The third kappa shape index (κ3) is 3.58. The van der Waals surface area contributed by atoms with Gasteiger partial charge in [0.1, 0.15) is 0 Å². The zero-order valence-electron chi connectivity index (χ0n) is 9.71. The van der Waals surface area contributed by atoms with Crippen molar-refractivity contribution in [3.63, 3.8) is 0 Å². The van der Waals surface area contributed by atoms with Crippen LogP contribution in [-0.2, 0) is 0 Å². The molecule has 84 valence electrons. The summed E-state index contributed by atoms with van der Waals surface area (Å²) in [4.78, 5) is 2.44. The Bertz CT molecular complexity index is 149. The molecule has 2 unspecified atom stereocenters. The summed E-state index contributed by atoms with van der Waals surface area (Å²) in [6.07, 6.45) is 6.26. The third-order valence-electron chi connectivity index (χ3n) is 3.69. The fourth-order valence-electron chi connectivity index (χ4n) is 2.68. The molecule has 0 saturated carbocycles. The lowest BCUT2D eigenvalue weighted by molar-refractivity contribution is 0.202. The van der Waals surface area contributed by atoms with E-state index in [1.165, 1.54) is 38.8 Å². The Labute approximate surface area is 88.3 Å². The molecule has 1 heterocycles. The third-order valence-corrected chi connectivity index (χ3v) is 3.69. The summed E-state index contributed by atoms with van der Waals surface area (Å²) < 4.78 is 0. The van der Waals surface area contributed by atoms with Crippen molar-refractivity contribution in [3.05, 3.63) is 0 Å². The van der Waals surface area contributed by atoms with Crippen LogP contribution in [0.2, 0.25) is 0 Å². The summed E-state index contributed by atoms with van der Waals surface area (Å²) in [5.74, 6) is 1.61. The lowest BCUT2D eigenvalue weighted by Gasteiger charge is -2.24. The van der Waals surface area contributed by atoms with E-state index in [-0.39, 0.29) is 0 Å². The maximum absolute atomic E-state index is 9.01. The molecule has 1 fully saturated rings. The number of nitrogens with zero attached hydrogens (tertiary/aromatic N) is 1. The van der Waals surface area contributed by atoms with E-state index in [1.807, 2.05) is 0 Å². The topological polar surface area (TPSA) is 23.5 Å². The van der Waals surface area contributed by atoms with Gasteiger partial charge in [-0.3, -0.25) is 0 Å². The van der Waals surface area contributed by atoms with Gasteiger partial charge >= 0.3 is 0 Å². The highest BCUT2D eigenvalue weighted by molar-refractivity contribution is 4.74. The maximum atomic E-state index is 9.01. The molecule has 0 aromatic carbocycles. The number of rotatable bonds is 4. The second kappa shape index (κ2) is 6.41. The largest absolute Gasteiger partial charge is 0.396 e. The van der Waals surface area contributed by atoms with Gasteiger partial charge in [-0.1, -0.05) is 13.3 Å². The summed E-state index contributed by atoms with van der Waals surface area (Å²) in [6, 6.07) is 0. The Balaban J connectivity index is 2.40. The maximum Gasteiger partial charge on any atom is 0.0433 e. The molecule has 0 amide bonds. The Morgan fingerprint density at radius 1 is 1.36 bits per heavy atom. The van der Waals surface area contributed by atoms with E-state index < -0.39 is 0 Å². The van der Waals surface area contributed by atoms with Gasteiger partial charge in [0.05, 0.1) is 0 Å². The SMILES string of the molecule is CCC(CCO)C1CCCN(C)CC1. The molecule has 1 N–H and O–H groups in total. The standard InChI is InChI=1S/C12H25NO/c1-3-11(7-10-14)12-5-4-8-13(2)9-6-12/h11-12,14H,3-10H2,1-2H3. The van der Waals surface area contributed by atoms with Crippen molar-refractivity contribution in [2.24, 2.45) is 11.8 Å². The van der Waals surface area contributed by atoms with Gasteiger partial charge in [-0.15, -0.1) is 0 Å². The van der Waals surface area contributed by atoms with Crippen LogP contribution in [0.5, 0.6) is 0 Å². The lowest BCUT2D eigenvalue weighted by Crippen LogP contribution is -2.20. The molecule has 2 nitrogen and oxygen atoms in total. The Hall–Kier alpha value is -0.0800. The fourth-order valence-corrected chi connectivity index (χ4v) is 2.68. The van der Waals surface area contributed by atoms with Crippen LogP contribution in [0.15, 0.2) is 0 Å². The summed E-state index contributed by atoms with van der Waals surface area (Å²) in [7, 11) is 2.22. The minimum atomic E-state index is 0.366. The van der Waals surface area contributed by atoms with Crippen molar-refractivity contribution in [2.75, 3.05) is 26.7 Å². The molecule has 14 heavy (non-hydrogen) atoms. The number of hydrogen-bond donors (Lipinski definition) is 1. The number of likely N-dealkylation sites (tertiary alicyclic amines) is 1. The van der Waals surface area contributed by atoms with Gasteiger partial charge in [-0.25, -0.2) is 0 Å². The molecule has 0 aromatic rings. The van der Waals surface area contributed by atoms with Crippen molar-refractivity contribution < 1.29 is 5.11 Å². The van der Waals surface area contributed by atoms with Crippen LogP contribution in [0.25, 0.3) is 0 Å². The summed E-state index contributed by atoms with van der Waals surface area (Å²) in [5.41, 5.74) is 0. The molecule has 0 aromatic heterocycles. The highest BCUT2D eigenvalue weighted by Gasteiger charge is 2.21. The molecule has 1 aliphatic rings. The van der Waals surface area contributed by atoms with Crippen LogP contribution in [0, 0.1) is 11.8 Å². The van der Waals surface area contributed by atoms with E-state index >= 15 is 0 Å². The van der Waals surface area contributed by atoms with E-state index in [0.717, 1.165) is 18.3 Å². The molecule has 2 heteroatoms. The first-order chi connectivity index (χ1) is 6.77. The average molecular weight is 199 g/mol. The van der Waals surface area contributed by atoms with Crippen molar-refractivity contribution in [1.29, 1.82) is 0 Å². The first-order valence-electron chi connectivity index (χ1n) is 6.07. The van der Waals surface area contributed by atoms with Crippen molar-refractivity contribution in [3.8, 4) is 0 Å². The second-order valence-corrected chi connectivity index (χ2v) is 4.67. The molecule has 2 atom stereocenters. The van der Waals surface area contributed by atoms with Crippen molar-refractivity contribution in [1.82, 2.24) is 4.90 Å². The molecule has 0 bridgehead atoms. The van der Waals surface area contributed by atoms with Crippen LogP contribution < -0.4 is 0 Å². The zero-order chi connectivity index (χ0) is 10.4. The van der Waals surface area contributed by atoms with Crippen LogP contribution in [-0.4, -0.2) is 36.8 Å². The number of hydrogen-bond acceptors (Lipinski definition) is 2. The fraction of sp³-hybridized carbons (Fsp3) is 1.00. The predicted molar refractivity (Wildman–Crippen MR) is 60.3 cm³/mol. The molecule has 0 aliphatic carbocycles. The lowest BCUT2D eigenvalue weighted by atomic mass is 9.83. The summed E-state index contributed by atoms with van der Waals surface area (Å²) >= 11 is 0. The zero-order valence-corrected chi connectivity index (χ0v) is 9.71. The van der Waals surface area contributed by atoms with Gasteiger partial charge in [0.2, 0.25) is 0 Å². The molecular formula is C12H25NO. The summed E-state index contributed by atoms with van der Waals surface area (Å²) in [6.45, 7) is 5.12. The van der Waals surface area contributed by atoms with Gasteiger partial charge in [0, 0.05) is 6.61 Å². The number of aliphatic hydroxyl groups excluding tert-OH is 1. The quantitative estimate of drug-likeness (QED) is 0.749. The van der Waals surface area contributed by atoms with E-state index in [1.54, 1.807) is 0 Å². The average Bonchev–Trinajstić information content (AvgIpc) is 2.40. The Morgan fingerprint density at radius 2 is 2.14 bits per heavy atom. The minimum Gasteiger partial charge on any atom is -0.396 e. The van der Waals surface area contributed by atoms with Gasteiger partial charge in [0.25, 0.3) is 0 Å². The minimum absolute atomic E-state index is 0.366.